The minimum absolute atomic E-state index is 0.0119. The van der Waals surface area contributed by atoms with Crippen LogP contribution in [0.5, 0.6) is 0 Å². The van der Waals surface area contributed by atoms with Gasteiger partial charge in [-0.1, -0.05) is 6.92 Å². The third kappa shape index (κ3) is 3.18. The quantitative estimate of drug-likeness (QED) is 0.789. The Morgan fingerprint density at radius 3 is 2.38 bits per heavy atom. The minimum Gasteiger partial charge on any atom is -0.381 e. The smallest absolute Gasteiger partial charge is 0.157 e. The molecule has 2 atom stereocenters. The highest BCUT2D eigenvalue weighted by Crippen LogP contribution is 2.21. The van der Waals surface area contributed by atoms with Crippen molar-refractivity contribution in [2.45, 2.75) is 50.2 Å². The standard InChI is InChI=1S/C11H23NO3S/c1-4-12-9(2)10(3)16(13,14)11-5-7-15-8-6-11/h9-12H,4-8H2,1-3H3. The Kier molecular flexibility index (Phi) is 5.21. The van der Waals surface area contributed by atoms with E-state index in [1.807, 2.05) is 13.8 Å². The maximum absolute atomic E-state index is 12.3. The molecule has 0 radical (unpaired) electrons. The van der Waals surface area contributed by atoms with Gasteiger partial charge in [0.15, 0.2) is 9.84 Å². The summed E-state index contributed by atoms with van der Waals surface area (Å²) in [4.78, 5) is 0. The molecule has 0 aliphatic carbocycles. The molecule has 0 bridgehead atoms. The molecule has 1 rings (SSSR count). The average Bonchev–Trinajstić information content (AvgIpc) is 2.29. The summed E-state index contributed by atoms with van der Waals surface area (Å²) in [6.07, 6.45) is 1.29. The summed E-state index contributed by atoms with van der Waals surface area (Å²) in [5, 5.41) is 2.65. The van der Waals surface area contributed by atoms with Gasteiger partial charge in [-0.15, -0.1) is 0 Å². The number of hydrogen-bond donors (Lipinski definition) is 1. The topological polar surface area (TPSA) is 55.4 Å². The van der Waals surface area contributed by atoms with Gasteiger partial charge in [-0.05, 0) is 33.2 Å². The molecule has 1 N–H and O–H groups in total. The van der Waals surface area contributed by atoms with Crippen molar-refractivity contribution in [2.24, 2.45) is 0 Å². The Hall–Kier alpha value is -0.130. The third-order valence-electron chi connectivity index (χ3n) is 3.38. The summed E-state index contributed by atoms with van der Waals surface area (Å²) < 4.78 is 29.8. The molecular weight excluding hydrogens is 226 g/mol. The van der Waals surface area contributed by atoms with Crippen molar-refractivity contribution >= 4 is 9.84 Å². The van der Waals surface area contributed by atoms with Crippen LogP contribution < -0.4 is 5.32 Å². The fourth-order valence-corrected chi connectivity index (χ4v) is 4.20. The van der Waals surface area contributed by atoms with Gasteiger partial charge in [-0.25, -0.2) is 8.42 Å². The highest BCUT2D eigenvalue weighted by atomic mass is 32.2. The molecule has 0 aromatic rings. The summed E-state index contributed by atoms with van der Waals surface area (Å²) >= 11 is 0. The summed E-state index contributed by atoms with van der Waals surface area (Å²) in [7, 11) is -3.03. The van der Waals surface area contributed by atoms with Gasteiger partial charge in [-0.2, -0.15) is 0 Å². The molecule has 1 saturated heterocycles. The molecule has 16 heavy (non-hydrogen) atoms. The number of sulfone groups is 1. The second kappa shape index (κ2) is 5.98. The van der Waals surface area contributed by atoms with Crippen molar-refractivity contribution in [3.63, 3.8) is 0 Å². The van der Waals surface area contributed by atoms with Crippen LogP contribution in [0.2, 0.25) is 0 Å². The second-order valence-corrected chi connectivity index (χ2v) is 7.04. The molecule has 0 aromatic carbocycles. The fraction of sp³-hybridized carbons (Fsp3) is 1.00. The van der Waals surface area contributed by atoms with Crippen molar-refractivity contribution in [3.05, 3.63) is 0 Å². The predicted octanol–water partition coefficient (Wildman–Crippen LogP) is 0.967. The van der Waals surface area contributed by atoms with E-state index >= 15 is 0 Å². The lowest BCUT2D eigenvalue weighted by molar-refractivity contribution is 0.0981. The summed E-state index contributed by atoms with van der Waals surface area (Å²) in [5.74, 6) is 0. The first-order valence-corrected chi connectivity index (χ1v) is 7.65. The molecule has 96 valence electrons. The predicted molar refractivity (Wildman–Crippen MR) is 65.4 cm³/mol. The number of rotatable bonds is 5. The van der Waals surface area contributed by atoms with Crippen LogP contribution in [0, 0.1) is 0 Å². The molecule has 1 heterocycles. The van der Waals surface area contributed by atoms with E-state index < -0.39 is 9.84 Å². The lowest BCUT2D eigenvalue weighted by atomic mass is 10.2. The molecule has 4 nitrogen and oxygen atoms in total. The van der Waals surface area contributed by atoms with Crippen LogP contribution in [-0.2, 0) is 14.6 Å². The van der Waals surface area contributed by atoms with Crippen molar-refractivity contribution < 1.29 is 13.2 Å². The van der Waals surface area contributed by atoms with E-state index in [9.17, 15) is 8.42 Å². The van der Waals surface area contributed by atoms with Crippen LogP contribution in [0.1, 0.15) is 33.6 Å². The van der Waals surface area contributed by atoms with Crippen LogP contribution in [-0.4, -0.2) is 44.7 Å². The molecule has 0 amide bonds. The molecule has 0 saturated carbocycles. The fourth-order valence-electron chi connectivity index (χ4n) is 2.08. The summed E-state index contributed by atoms with van der Waals surface area (Å²) in [6.45, 7) is 7.68. The normalized spacial score (nSPS) is 22.9. The molecule has 1 fully saturated rings. The van der Waals surface area contributed by atoms with Crippen molar-refractivity contribution in [2.75, 3.05) is 19.8 Å². The van der Waals surface area contributed by atoms with E-state index in [0.29, 0.717) is 26.1 Å². The van der Waals surface area contributed by atoms with Gasteiger partial charge < -0.3 is 10.1 Å². The Morgan fingerprint density at radius 1 is 1.31 bits per heavy atom. The highest BCUT2D eigenvalue weighted by molar-refractivity contribution is 7.92. The van der Waals surface area contributed by atoms with Crippen molar-refractivity contribution in [1.29, 1.82) is 0 Å². The first kappa shape index (κ1) is 13.9. The Bertz CT molecular complexity index is 296. The van der Waals surface area contributed by atoms with Crippen molar-refractivity contribution in [3.8, 4) is 0 Å². The van der Waals surface area contributed by atoms with E-state index in [1.54, 1.807) is 6.92 Å². The average molecular weight is 249 g/mol. The molecular formula is C11H23NO3S. The van der Waals surface area contributed by atoms with E-state index in [0.717, 1.165) is 6.54 Å². The van der Waals surface area contributed by atoms with Gasteiger partial charge in [0.2, 0.25) is 0 Å². The Morgan fingerprint density at radius 2 is 1.88 bits per heavy atom. The van der Waals surface area contributed by atoms with Crippen LogP contribution >= 0.6 is 0 Å². The molecule has 2 unspecified atom stereocenters. The molecule has 0 aromatic heterocycles. The minimum atomic E-state index is -3.03. The van der Waals surface area contributed by atoms with Gasteiger partial charge >= 0.3 is 0 Å². The van der Waals surface area contributed by atoms with Crippen LogP contribution in [0.15, 0.2) is 0 Å². The highest BCUT2D eigenvalue weighted by Gasteiger charge is 2.34. The molecule has 5 heteroatoms. The van der Waals surface area contributed by atoms with E-state index in [1.165, 1.54) is 0 Å². The van der Waals surface area contributed by atoms with Gasteiger partial charge in [0.25, 0.3) is 0 Å². The van der Waals surface area contributed by atoms with Gasteiger partial charge in [0.1, 0.15) is 0 Å². The van der Waals surface area contributed by atoms with E-state index in [-0.39, 0.29) is 16.5 Å². The zero-order valence-corrected chi connectivity index (χ0v) is 11.2. The van der Waals surface area contributed by atoms with Crippen LogP contribution in [0.3, 0.4) is 0 Å². The third-order valence-corrected chi connectivity index (χ3v) is 6.23. The van der Waals surface area contributed by atoms with E-state index in [2.05, 4.69) is 5.32 Å². The maximum atomic E-state index is 12.3. The Labute approximate surface area is 98.7 Å². The lowest BCUT2D eigenvalue weighted by Gasteiger charge is -2.28. The largest absolute Gasteiger partial charge is 0.381 e. The SMILES string of the molecule is CCNC(C)C(C)S(=O)(=O)C1CCOCC1. The number of ether oxygens (including phenoxy) is 1. The monoisotopic (exact) mass is 249 g/mol. The zero-order chi connectivity index (χ0) is 12.2. The number of nitrogens with one attached hydrogen (secondary N) is 1. The Balaban J connectivity index is 2.67. The zero-order valence-electron chi connectivity index (χ0n) is 10.4. The van der Waals surface area contributed by atoms with Gasteiger partial charge in [0, 0.05) is 19.3 Å². The summed E-state index contributed by atoms with van der Waals surface area (Å²) in [5.41, 5.74) is 0. The summed E-state index contributed by atoms with van der Waals surface area (Å²) in [6, 6.07) is 0.0119. The molecule has 0 spiro atoms. The maximum Gasteiger partial charge on any atom is 0.157 e. The number of hydrogen-bond acceptors (Lipinski definition) is 4. The molecule has 1 aliphatic rings. The van der Waals surface area contributed by atoms with Crippen LogP contribution in [0.4, 0.5) is 0 Å². The first-order chi connectivity index (χ1) is 7.50. The van der Waals surface area contributed by atoms with E-state index in [4.69, 9.17) is 4.74 Å². The molecule has 1 aliphatic heterocycles. The van der Waals surface area contributed by atoms with Gasteiger partial charge in [-0.3, -0.25) is 0 Å². The van der Waals surface area contributed by atoms with Crippen molar-refractivity contribution in [1.82, 2.24) is 5.32 Å². The lowest BCUT2D eigenvalue weighted by Crippen LogP contribution is -2.45. The van der Waals surface area contributed by atoms with Gasteiger partial charge in [0.05, 0.1) is 10.5 Å². The van der Waals surface area contributed by atoms with Crippen LogP contribution in [0.25, 0.3) is 0 Å². The second-order valence-electron chi connectivity index (χ2n) is 4.45. The first-order valence-electron chi connectivity index (χ1n) is 6.04.